The van der Waals surface area contributed by atoms with Crippen molar-refractivity contribution in [2.24, 2.45) is 5.73 Å². The number of aromatic amines is 1. The summed E-state index contributed by atoms with van der Waals surface area (Å²) < 4.78 is 0. The van der Waals surface area contributed by atoms with Gasteiger partial charge in [-0.1, -0.05) is 11.6 Å². The summed E-state index contributed by atoms with van der Waals surface area (Å²) in [6.45, 7) is 0.107. The third-order valence-electron chi connectivity index (χ3n) is 1.02. The predicted molar refractivity (Wildman–Crippen MR) is 37.8 cm³/mol. The summed E-state index contributed by atoms with van der Waals surface area (Å²) in [5.74, 6) is 0. The fourth-order valence-corrected chi connectivity index (χ4v) is 0.715. The van der Waals surface area contributed by atoms with Gasteiger partial charge in [0.2, 0.25) is 0 Å². The molecule has 0 aliphatic carbocycles. The van der Waals surface area contributed by atoms with E-state index in [9.17, 15) is 4.79 Å². The molecule has 3 N–H and O–H groups in total. The highest BCUT2D eigenvalue weighted by molar-refractivity contribution is 6.29. The number of nitrogens with one attached hydrogen (secondary N) is 1. The van der Waals surface area contributed by atoms with Crippen molar-refractivity contribution in [1.82, 2.24) is 9.97 Å². The van der Waals surface area contributed by atoms with Crippen LogP contribution in [-0.2, 0) is 6.54 Å². The molecule has 10 heavy (non-hydrogen) atoms. The Kier molecular flexibility index (Phi) is 2.03. The molecule has 0 fully saturated rings. The lowest BCUT2D eigenvalue weighted by Crippen LogP contribution is -2.17. The Labute approximate surface area is 62.0 Å². The van der Waals surface area contributed by atoms with E-state index in [2.05, 4.69) is 9.97 Å². The third-order valence-corrected chi connectivity index (χ3v) is 1.21. The monoisotopic (exact) mass is 159 g/mol. The van der Waals surface area contributed by atoms with Gasteiger partial charge in [-0.25, -0.2) is 4.98 Å². The lowest BCUT2D eigenvalue weighted by molar-refractivity contribution is 0.934. The van der Waals surface area contributed by atoms with Gasteiger partial charge >= 0.3 is 0 Å². The molecule has 5 heteroatoms. The summed E-state index contributed by atoms with van der Waals surface area (Å²) in [7, 11) is 0. The van der Waals surface area contributed by atoms with Gasteiger partial charge in [0, 0.05) is 12.7 Å². The number of hydrogen-bond donors (Lipinski definition) is 2. The second-order valence-electron chi connectivity index (χ2n) is 1.70. The first kappa shape index (κ1) is 7.24. The number of nitrogens with two attached hydrogens (primary N) is 1. The molecule has 0 aliphatic heterocycles. The molecule has 0 aliphatic rings. The number of H-pyrrole nitrogens is 1. The van der Waals surface area contributed by atoms with E-state index in [0.717, 1.165) is 0 Å². The summed E-state index contributed by atoms with van der Waals surface area (Å²) in [6.07, 6.45) is 1.32. The molecule has 0 saturated carbocycles. The molecule has 0 atom stereocenters. The minimum absolute atomic E-state index is 0.107. The highest BCUT2D eigenvalue weighted by atomic mass is 35.5. The zero-order valence-corrected chi connectivity index (χ0v) is 5.85. The fourth-order valence-electron chi connectivity index (χ4n) is 0.559. The second-order valence-corrected chi connectivity index (χ2v) is 2.09. The SMILES string of the molecule is NCc1nc(Cl)c[nH]c1=O. The Morgan fingerprint density at radius 1 is 1.80 bits per heavy atom. The minimum Gasteiger partial charge on any atom is -0.325 e. The highest BCUT2D eigenvalue weighted by Crippen LogP contribution is 1.97. The quantitative estimate of drug-likeness (QED) is 0.600. The maximum absolute atomic E-state index is 10.7. The van der Waals surface area contributed by atoms with Gasteiger partial charge in [-0.2, -0.15) is 0 Å². The summed E-state index contributed by atoms with van der Waals surface area (Å²) in [6, 6.07) is 0. The molecule has 0 bridgehead atoms. The van der Waals surface area contributed by atoms with Gasteiger partial charge in [-0.3, -0.25) is 4.79 Å². The second kappa shape index (κ2) is 2.81. The molecule has 0 amide bonds. The maximum atomic E-state index is 10.7. The van der Waals surface area contributed by atoms with E-state index in [4.69, 9.17) is 17.3 Å². The van der Waals surface area contributed by atoms with Gasteiger partial charge < -0.3 is 10.7 Å². The van der Waals surface area contributed by atoms with Crippen LogP contribution in [0.4, 0.5) is 0 Å². The number of hydrogen-bond acceptors (Lipinski definition) is 3. The number of aromatic nitrogens is 2. The van der Waals surface area contributed by atoms with Crippen LogP contribution in [0.25, 0.3) is 0 Å². The van der Waals surface area contributed by atoms with Gasteiger partial charge in [0.15, 0.2) is 0 Å². The van der Waals surface area contributed by atoms with Gasteiger partial charge in [-0.05, 0) is 0 Å². The Balaban J connectivity index is 3.22. The topological polar surface area (TPSA) is 71.8 Å². The summed E-state index contributed by atoms with van der Waals surface area (Å²) >= 11 is 5.46. The number of rotatable bonds is 1. The molecule has 54 valence electrons. The first-order valence-electron chi connectivity index (χ1n) is 2.68. The summed E-state index contributed by atoms with van der Waals surface area (Å²) in [5, 5.41) is 0.250. The van der Waals surface area contributed by atoms with Crippen LogP contribution in [0, 0.1) is 0 Å². The summed E-state index contributed by atoms with van der Waals surface area (Å²) in [4.78, 5) is 16.8. The van der Waals surface area contributed by atoms with Crippen molar-refractivity contribution in [3.05, 3.63) is 27.4 Å². The van der Waals surface area contributed by atoms with Crippen LogP contribution >= 0.6 is 11.6 Å². The minimum atomic E-state index is -0.285. The lowest BCUT2D eigenvalue weighted by Gasteiger charge is -1.92. The highest BCUT2D eigenvalue weighted by Gasteiger charge is 1.97. The zero-order chi connectivity index (χ0) is 7.56. The normalized spacial score (nSPS) is 9.80. The van der Waals surface area contributed by atoms with E-state index in [1.165, 1.54) is 6.20 Å². The molecule has 4 nitrogen and oxygen atoms in total. The molecule has 0 saturated heterocycles. The Hall–Kier alpha value is -0.870. The summed E-state index contributed by atoms with van der Waals surface area (Å²) in [5.41, 5.74) is 5.15. The molecule has 1 heterocycles. The van der Waals surface area contributed by atoms with Crippen LogP contribution in [0.5, 0.6) is 0 Å². The van der Waals surface area contributed by atoms with E-state index in [0.29, 0.717) is 0 Å². The fraction of sp³-hybridized carbons (Fsp3) is 0.200. The maximum Gasteiger partial charge on any atom is 0.271 e. The molecule has 0 radical (unpaired) electrons. The average Bonchev–Trinajstić information content (AvgIpc) is 1.94. The van der Waals surface area contributed by atoms with Crippen molar-refractivity contribution < 1.29 is 0 Å². The average molecular weight is 160 g/mol. The molecular weight excluding hydrogens is 154 g/mol. The van der Waals surface area contributed by atoms with Crippen LogP contribution in [0.2, 0.25) is 5.15 Å². The predicted octanol–water partition coefficient (Wildman–Crippen LogP) is -0.118. The van der Waals surface area contributed by atoms with E-state index >= 15 is 0 Å². The zero-order valence-electron chi connectivity index (χ0n) is 5.10. The number of halogens is 1. The van der Waals surface area contributed by atoms with Crippen molar-refractivity contribution in [3.63, 3.8) is 0 Å². The van der Waals surface area contributed by atoms with Crippen LogP contribution in [0.1, 0.15) is 5.69 Å². The van der Waals surface area contributed by atoms with Crippen molar-refractivity contribution >= 4 is 11.6 Å². The van der Waals surface area contributed by atoms with Gasteiger partial charge in [0.1, 0.15) is 10.8 Å². The molecular formula is C5H6ClN3O. The van der Waals surface area contributed by atoms with Crippen LogP contribution in [0.3, 0.4) is 0 Å². The van der Waals surface area contributed by atoms with Gasteiger partial charge in [0.25, 0.3) is 5.56 Å². The van der Waals surface area contributed by atoms with Gasteiger partial charge in [0.05, 0.1) is 0 Å². The molecule has 0 unspecified atom stereocenters. The van der Waals surface area contributed by atoms with Crippen LogP contribution in [0.15, 0.2) is 11.0 Å². The van der Waals surface area contributed by atoms with Crippen molar-refractivity contribution in [1.29, 1.82) is 0 Å². The Morgan fingerprint density at radius 3 is 3.00 bits per heavy atom. The van der Waals surface area contributed by atoms with E-state index in [1.54, 1.807) is 0 Å². The Bertz CT molecular complexity index is 282. The Morgan fingerprint density at radius 2 is 2.50 bits per heavy atom. The molecule has 0 spiro atoms. The molecule has 1 aromatic heterocycles. The molecule has 1 aromatic rings. The van der Waals surface area contributed by atoms with Crippen LogP contribution < -0.4 is 11.3 Å². The lowest BCUT2D eigenvalue weighted by atomic mass is 10.4. The van der Waals surface area contributed by atoms with Crippen molar-refractivity contribution in [2.75, 3.05) is 0 Å². The first-order valence-corrected chi connectivity index (χ1v) is 3.06. The van der Waals surface area contributed by atoms with Crippen LogP contribution in [-0.4, -0.2) is 9.97 Å². The standard InChI is InChI=1S/C5H6ClN3O/c6-4-2-8-5(10)3(1-7)9-4/h2H,1,7H2,(H,8,10). The van der Waals surface area contributed by atoms with Crippen molar-refractivity contribution in [2.45, 2.75) is 6.54 Å². The number of nitrogens with zero attached hydrogens (tertiary/aromatic N) is 1. The molecule has 1 rings (SSSR count). The third kappa shape index (κ3) is 1.34. The van der Waals surface area contributed by atoms with Crippen molar-refractivity contribution in [3.8, 4) is 0 Å². The van der Waals surface area contributed by atoms with E-state index in [1.807, 2.05) is 0 Å². The van der Waals surface area contributed by atoms with Gasteiger partial charge in [-0.15, -0.1) is 0 Å². The molecule has 0 aromatic carbocycles. The smallest absolute Gasteiger partial charge is 0.271 e. The first-order chi connectivity index (χ1) is 4.74. The van der Waals surface area contributed by atoms with E-state index in [-0.39, 0.29) is 23.0 Å². The largest absolute Gasteiger partial charge is 0.325 e. The van der Waals surface area contributed by atoms with E-state index < -0.39 is 0 Å².